The molecule has 1 heterocycles. The van der Waals surface area contributed by atoms with Gasteiger partial charge in [0.1, 0.15) is 5.58 Å². The van der Waals surface area contributed by atoms with Crippen LogP contribution in [0.2, 0.25) is 0 Å². The summed E-state index contributed by atoms with van der Waals surface area (Å²) in [6.07, 6.45) is -0.0974. The Morgan fingerprint density at radius 1 is 0.970 bits per heavy atom. The predicted octanol–water partition coefficient (Wildman–Crippen LogP) is 5.12. The minimum absolute atomic E-state index is 0.0115. The molecule has 0 aliphatic rings. The third-order valence-corrected chi connectivity index (χ3v) is 7.78. The van der Waals surface area contributed by atoms with Gasteiger partial charge < -0.3 is 4.42 Å². The van der Waals surface area contributed by atoms with Crippen LogP contribution < -0.4 is 9.24 Å². The SMILES string of the molecule is CC(C)(C)c1ccc(S(=O)(=O)N(C(=O)Cc2ccccc2)c2ccc3oc(=O)sc3c2)cc1. The molecule has 0 unspecified atom stereocenters. The van der Waals surface area contributed by atoms with Gasteiger partial charge in [-0.1, -0.05) is 74.6 Å². The summed E-state index contributed by atoms with van der Waals surface area (Å²) in [5, 5.41) is 0. The molecule has 0 radical (unpaired) electrons. The Hall–Kier alpha value is -3.23. The van der Waals surface area contributed by atoms with E-state index in [2.05, 4.69) is 0 Å². The second-order valence-corrected chi connectivity index (χ2v) is 11.4. The molecule has 8 heteroatoms. The average molecular weight is 482 g/mol. The van der Waals surface area contributed by atoms with E-state index in [1.165, 1.54) is 30.3 Å². The highest BCUT2D eigenvalue weighted by Crippen LogP contribution is 2.30. The molecule has 0 fully saturated rings. The van der Waals surface area contributed by atoms with Crippen LogP contribution in [0, 0.1) is 0 Å². The molecule has 0 saturated carbocycles. The van der Waals surface area contributed by atoms with Crippen molar-refractivity contribution in [1.29, 1.82) is 0 Å². The second-order valence-electron chi connectivity index (χ2n) is 8.69. The number of carbonyl (C=O) groups is 1. The van der Waals surface area contributed by atoms with Crippen LogP contribution in [0.1, 0.15) is 31.9 Å². The van der Waals surface area contributed by atoms with Crippen molar-refractivity contribution in [1.82, 2.24) is 0 Å². The summed E-state index contributed by atoms with van der Waals surface area (Å²) in [5.41, 5.74) is 2.03. The number of rotatable bonds is 5. The Bertz CT molecular complexity index is 1460. The zero-order valence-electron chi connectivity index (χ0n) is 18.4. The number of amides is 1. The number of fused-ring (bicyclic) bond motifs is 1. The molecule has 3 aromatic carbocycles. The molecule has 0 aliphatic heterocycles. The summed E-state index contributed by atoms with van der Waals surface area (Å²) in [5.74, 6) is -0.601. The molecule has 170 valence electrons. The lowest BCUT2D eigenvalue weighted by molar-refractivity contribution is -0.116. The van der Waals surface area contributed by atoms with E-state index in [1.54, 1.807) is 36.4 Å². The maximum Gasteiger partial charge on any atom is 0.396 e. The van der Waals surface area contributed by atoms with E-state index in [4.69, 9.17) is 4.42 Å². The summed E-state index contributed by atoms with van der Waals surface area (Å²) in [6, 6.07) is 20.0. The van der Waals surface area contributed by atoms with Gasteiger partial charge in [-0.2, -0.15) is 0 Å². The van der Waals surface area contributed by atoms with Gasteiger partial charge in [0.2, 0.25) is 5.91 Å². The third kappa shape index (κ3) is 4.77. The molecule has 4 rings (SSSR count). The van der Waals surface area contributed by atoms with Gasteiger partial charge in [0, 0.05) is 0 Å². The summed E-state index contributed by atoms with van der Waals surface area (Å²) in [7, 11) is -4.22. The molecule has 1 amide bonds. The number of hydrogen-bond acceptors (Lipinski definition) is 6. The Kier molecular flexibility index (Phi) is 5.99. The number of anilines is 1. The number of benzene rings is 3. The van der Waals surface area contributed by atoms with E-state index in [0.717, 1.165) is 21.2 Å². The number of sulfonamides is 1. The largest absolute Gasteiger partial charge is 0.414 e. The monoisotopic (exact) mass is 481 g/mol. The van der Waals surface area contributed by atoms with Crippen molar-refractivity contribution >= 4 is 43.2 Å². The maximum absolute atomic E-state index is 13.7. The molecule has 0 bridgehead atoms. The van der Waals surface area contributed by atoms with Crippen LogP contribution in [-0.2, 0) is 26.7 Å². The molecule has 6 nitrogen and oxygen atoms in total. The van der Waals surface area contributed by atoms with Crippen molar-refractivity contribution < 1.29 is 17.6 Å². The summed E-state index contributed by atoms with van der Waals surface area (Å²) in [6.45, 7) is 6.12. The predicted molar refractivity (Wildman–Crippen MR) is 130 cm³/mol. The molecular weight excluding hydrogens is 458 g/mol. The Morgan fingerprint density at radius 3 is 2.27 bits per heavy atom. The molecule has 4 aromatic rings. The topological polar surface area (TPSA) is 84.7 Å². The summed E-state index contributed by atoms with van der Waals surface area (Å²) in [4.78, 5) is 24.5. The molecule has 0 spiro atoms. The van der Waals surface area contributed by atoms with Crippen LogP contribution in [-0.4, -0.2) is 14.3 Å². The lowest BCUT2D eigenvalue weighted by Crippen LogP contribution is -2.38. The first-order valence-electron chi connectivity index (χ1n) is 10.3. The highest BCUT2D eigenvalue weighted by atomic mass is 32.2. The first-order valence-corrected chi connectivity index (χ1v) is 12.6. The van der Waals surface area contributed by atoms with Crippen molar-refractivity contribution in [2.75, 3.05) is 4.31 Å². The van der Waals surface area contributed by atoms with Gasteiger partial charge in [0.15, 0.2) is 0 Å². The summed E-state index contributed by atoms with van der Waals surface area (Å²) >= 11 is 0.856. The molecule has 1 aromatic heterocycles. The third-order valence-electron chi connectivity index (χ3n) is 5.23. The van der Waals surface area contributed by atoms with Crippen molar-refractivity contribution in [3.63, 3.8) is 0 Å². The number of hydrogen-bond donors (Lipinski definition) is 0. The van der Waals surface area contributed by atoms with Gasteiger partial charge in [-0.05, 0) is 46.9 Å². The van der Waals surface area contributed by atoms with Gasteiger partial charge in [0.25, 0.3) is 10.0 Å². The van der Waals surface area contributed by atoms with Gasteiger partial charge in [0.05, 0.1) is 21.7 Å². The molecule has 0 aliphatic carbocycles. The van der Waals surface area contributed by atoms with E-state index in [-0.39, 0.29) is 22.4 Å². The van der Waals surface area contributed by atoms with E-state index >= 15 is 0 Å². The lowest BCUT2D eigenvalue weighted by atomic mass is 9.87. The fraction of sp³-hybridized carbons (Fsp3) is 0.200. The Labute approximate surface area is 196 Å². The van der Waals surface area contributed by atoms with E-state index in [0.29, 0.717) is 15.8 Å². The van der Waals surface area contributed by atoms with Crippen LogP contribution in [0.5, 0.6) is 0 Å². The van der Waals surface area contributed by atoms with E-state index in [1.807, 2.05) is 26.8 Å². The second kappa shape index (κ2) is 8.61. The zero-order chi connectivity index (χ0) is 23.8. The van der Waals surface area contributed by atoms with Crippen LogP contribution >= 0.6 is 11.3 Å². The number of carbonyl (C=O) groups excluding carboxylic acids is 1. The van der Waals surface area contributed by atoms with Crippen molar-refractivity contribution in [2.45, 2.75) is 37.5 Å². The van der Waals surface area contributed by atoms with Crippen molar-refractivity contribution in [3.8, 4) is 0 Å². The fourth-order valence-electron chi connectivity index (χ4n) is 3.48. The highest BCUT2D eigenvalue weighted by Gasteiger charge is 2.32. The van der Waals surface area contributed by atoms with Crippen LogP contribution in [0.4, 0.5) is 5.69 Å². The van der Waals surface area contributed by atoms with Gasteiger partial charge >= 0.3 is 4.94 Å². The van der Waals surface area contributed by atoms with Crippen LogP contribution in [0.3, 0.4) is 0 Å². The number of nitrogens with zero attached hydrogens (tertiary/aromatic N) is 1. The maximum atomic E-state index is 13.7. The quantitative estimate of drug-likeness (QED) is 0.395. The van der Waals surface area contributed by atoms with Gasteiger partial charge in [-0.15, -0.1) is 0 Å². The first-order chi connectivity index (χ1) is 15.6. The Balaban J connectivity index is 1.81. The van der Waals surface area contributed by atoms with Gasteiger partial charge in [-0.3, -0.25) is 4.79 Å². The molecular formula is C25H23NO5S2. The van der Waals surface area contributed by atoms with Crippen molar-refractivity contribution in [2.24, 2.45) is 0 Å². The standard InChI is InChI=1S/C25H23NO5S2/c1-25(2,3)18-9-12-20(13-10-18)33(29,30)26(23(27)15-17-7-5-4-6-8-17)19-11-14-21-22(16-19)32-24(28)31-21/h4-14,16H,15H2,1-3H3. The smallest absolute Gasteiger partial charge is 0.396 e. The van der Waals surface area contributed by atoms with Crippen LogP contribution in [0.25, 0.3) is 10.3 Å². The zero-order valence-corrected chi connectivity index (χ0v) is 20.1. The van der Waals surface area contributed by atoms with Crippen LogP contribution in [0.15, 0.2) is 86.9 Å². The van der Waals surface area contributed by atoms with E-state index in [9.17, 15) is 18.0 Å². The van der Waals surface area contributed by atoms with Gasteiger partial charge in [-0.25, -0.2) is 17.5 Å². The molecule has 0 N–H and O–H groups in total. The molecule has 0 atom stereocenters. The molecule has 33 heavy (non-hydrogen) atoms. The average Bonchev–Trinajstić information content (AvgIpc) is 3.13. The normalized spacial score (nSPS) is 12.1. The minimum Gasteiger partial charge on any atom is -0.414 e. The minimum atomic E-state index is -4.22. The summed E-state index contributed by atoms with van der Waals surface area (Å²) < 4.78 is 33.7. The Morgan fingerprint density at radius 2 is 1.64 bits per heavy atom. The lowest BCUT2D eigenvalue weighted by Gasteiger charge is -2.24. The van der Waals surface area contributed by atoms with E-state index < -0.39 is 20.9 Å². The molecule has 0 saturated heterocycles. The van der Waals surface area contributed by atoms with Crippen molar-refractivity contribution in [3.05, 3.63) is 93.7 Å². The fourth-order valence-corrected chi connectivity index (χ4v) is 5.59. The highest BCUT2D eigenvalue weighted by molar-refractivity contribution is 7.93. The first kappa shape index (κ1) is 22.9.